The number of anilines is 1. The molecule has 10 heteroatoms. The van der Waals surface area contributed by atoms with Crippen LogP contribution in [0.3, 0.4) is 0 Å². The van der Waals surface area contributed by atoms with Gasteiger partial charge in [-0.15, -0.1) is 0 Å². The van der Waals surface area contributed by atoms with Gasteiger partial charge in [0.1, 0.15) is 5.82 Å². The predicted molar refractivity (Wildman–Crippen MR) is 118 cm³/mol. The van der Waals surface area contributed by atoms with Crippen LogP contribution in [0.4, 0.5) is 10.3 Å². The molecule has 3 aromatic heterocycles. The van der Waals surface area contributed by atoms with Crippen LogP contribution in [-0.2, 0) is 9.63 Å². The van der Waals surface area contributed by atoms with Crippen LogP contribution in [-0.4, -0.2) is 55.2 Å². The smallest absolute Gasteiger partial charge is 0.249 e. The molecule has 5 rings (SSSR count). The number of carbonyl (C=O) groups is 1. The minimum atomic E-state index is -0.507. The van der Waals surface area contributed by atoms with Crippen molar-refractivity contribution in [3.63, 3.8) is 0 Å². The minimum Gasteiger partial charge on any atom is -0.341 e. The van der Waals surface area contributed by atoms with Gasteiger partial charge in [0.2, 0.25) is 11.9 Å². The molecular weight excluding hydrogens is 425 g/mol. The highest BCUT2D eigenvalue weighted by Crippen LogP contribution is 2.33. The Bertz CT molecular complexity index is 1140. The summed E-state index contributed by atoms with van der Waals surface area (Å²) in [6.07, 6.45) is 8.35. The molecule has 0 spiro atoms. The van der Waals surface area contributed by atoms with Crippen molar-refractivity contribution in [2.75, 3.05) is 24.6 Å². The van der Waals surface area contributed by atoms with Crippen molar-refractivity contribution in [3.05, 3.63) is 59.8 Å². The molecule has 0 aromatic carbocycles. The zero-order valence-corrected chi connectivity index (χ0v) is 18.7. The number of hydrogen-bond acceptors (Lipinski definition) is 7. The highest BCUT2D eigenvalue weighted by Gasteiger charge is 2.37. The zero-order chi connectivity index (χ0) is 22.9. The Labute approximate surface area is 191 Å². The number of aryl methyl sites for hydroxylation is 2. The maximum absolute atomic E-state index is 14.4. The average Bonchev–Trinajstić information content (AvgIpc) is 3.49. The van der Waals surface area contributed by atoms with Gasteiger partial charge < -0.3 is 4.90 Å². The molecule has 2 saturated heterocycles. The van der Waals surface area contributed by atoms with E-state index < -0.39 is 5.82 Å². The Morgan fingerprint density at radius 3 is 2.61 bits per heavy atom. The van der Waals surface area contributed by atoms with Crippen LogP contribution in [0.2, 0.25) is 0 Å². The summed E-state index contributed by atoms with van der Waals surface area (Å²) in [5.41, 5.74) is 1.93. The molecule has 2 fully saturated rings. The topological polar surface area (TPSA) is 89.3 Å². The number of carbonyl (C=O) groups excluding carboxylic acids is 1. The van der Waals surface area contributed by atoms with E-state index in [2.05, 4.69) is 19.9 Å². The van der Waals surface area contributed by atoms with Crippen LogP contribution in [0.15, 0.2) is 36.9 Å². The number of imidazole rings is 1. The van der Waals surface area contributed by atoms with E-state index in [9.17, 15) is 9.18 Å². The van der Waals surface area contributed by atoms with E-state index in [1.54, 1.807) is 28.9 Å². The first-order valence-electron chi connectivity index (χ1n) is 11.2. The van der Waals surface area contributed by atoms with Gasteiger partial charge in [-0.2, -0.15) is 4.98 Å². The standard InChI is InChI=1S/C23H26FN7O2/c1-15-3-4-18(13-26-15)20-7-12-33-31(20)22(32)17-5-9-29(10-6-17)23-27-14-19(24)21(28-23)30-11-8-25-16(30)2/h3-4,8,11,13-14,17,20H,5-7,9-10,12H2,1-2H3/t20-/m0/s1. The monoisotopic (exact) mass is 451 g/mol. The highest BCUT2D eigenvalue weighted by molar-refractivity contribution is 5.79. The second kappa shape index (κ2) is 8.86. The summed E-state index contributed by atoms with van der Waals surface area (Å²) >= 11 is 0. The molecule has 0 radical (unpaired) electrons. The quantitative estimate of drug-likeness (QED) is 0.603. The molecule has 0 N–H and O–H groups in total. The second-order valence-corrected chi connectivity index (χ2v) is 8.48. The lowest BCUT2D eigenvalue weighted by atomic mass is 9.95. The Morgan fingerprint density at radius 2 is 1.91 bits per heavy atom. The number of hydroxylamine groups is 2. The Morgan fingerprint density at radius 1 is 1.09 bits per heavy atom. The van der Waals surface area contributed by atoms with Gasteiger partial charge in [0, 0.05) is 49.7 Å². The van der Waals surface area contributed by atoms with Gasteiger partial charge in [0.25, 0.3) is 0 Å². The third-order valence-corrected chi connectivity index (χ3v) is 6.33. The largest absolute Gasteiger partial charge is 0.341 e. The number of aromatic nitrogens is 5. The van der Waals surface area contributed by atoms with Gasteiger partial charge in [-0.05, 0) is 38.3 Å². The van der Waals surface area contributed by atoms with Gasteiger partial charge >= 0.3 is 0 Å². The van der Waals surface area contributed by atoms with Crippen molar-refractivity contribution in [2.45, 2.75) is 39.2 Å². The normalized spacial score (nSPS) is 19.3. The van der Waals surface area contributed by atoms with Gasteiger partial charge in [-0.1, -0.05) is 6.07 Å². The van der Waals surface area contributed by atoms with E-state index in [4.69, 9.17) is 4.84 Å². The van der Waals surface area contributed by atoms with Crippen LogP contribution < -0.4 is 4.90 Å². The van der Waals surface area contributed by atoms with Crippen LogP contribution in [0, 0.1) is 25.6 Å². The first-order chi connectivity index (χ1) is 16.0. The summed E-state index contributed by atoms with van der Waals surface area (Å²) in [6.45, 7) is 5.46. The fourth-order valence-corrected chi connectivity index (χ4v) is 4.44. The summed E-state index contributed by atoms with van der Waals surface area (Å²) in [7, 11) is 0. The average molecular weight is 452 g/mol. The number of nitrogens with zero attached hydrogens (tertiary/aromatic N) is 7. The molecule has 0 saturated carbocycles. The summed E-state index contributed by atoms with van der Waals surface area (Å²) in [4.78, 5) is 38.1. The molecule has 0 unspecified atom stereocenters. The fraction of sp³-hybridized carbons (Fsp3) is 0.435. The summed E-state index contributed by atoms with van der Waals surface area (Å²) in [6, 6.07) is 3.86. The van der Waals surface area contributed by atoms with Crippen molar-refractivity contribution >= 4 is 11.9 Å². The van der Waals surface area contributed by atoms with Gasteiger partial charge in [0.15, 0.2) is 11.6 Å². The molecule has 3 aromatic rings. The van der Waals surface area contributed by atoms with E-state index in [1.165, 1.54) is 6.20 Å². The molecular formula is C23H26FN7O2. The lowest BCUT2D eigenvalue weighted by Crippen LogP contribution is -2.42. The van der Waals surface area contributed by atoms with Crippen LogP contribution >= 0.6 is 0 Å². The Kier molecular flexibility index (Phi) is 5.76. The van der Waals surface area contributed by atoms with E-state index in [-0.39, 0.29) is 23.7 Å². The lowest BCUT2D eigenvalue weighted by Gasteiger charge is -2.34. The number of piperidine rings is 1. The van der Waals surface area contributed by atoms with Crippen LogP contribution in [0.5, 0.6) is 0 Å². The molecule has 0 aliphatic carbocycles. The third-order valence-electron chi connectivity index (χ3n) is 6.33. The van der Waals surface area contributed by atoms with Crippen molar-refractivity contribution < 1.29 is 14.0 Å². The van der Waals surface area contributed by atoms with E-state index in [1.807, 2.05) is 30.2 Å². The number of halogens is 1. The molecule has 1 amide bonds. The first-order valence-corrected chi connectivity index (χ1v) is 11.2. The summed E-state index contributed by atoms with van der Waals surface area (Å²) in [5, 5.41) is 1.54. The van der Waals surface area contributed by atoms with Gasteiger partial charge in [-0.25, -0.2) is 19.4 Å². The number of pyridine rings is 1. The molecule has 5 heterocycles. The van der Waals surface area contributed by atoms with Crippen molar-refractivity contribution in [1.29, 1.82) is 0 Å². The predicted octanol–water partition coefficient (Wildman–Crippen LogP) is 2.93. The molecule has 9 nitrogen and oxygen atoms in total. The Balaban J connectivity index is 1.26. The fourth-order valence-electron chi connectivity index (χ4n) is 4.44. The summed E-state index contributed by atoms with van der Waals surface area (Å²) < 4.78 is 16.0. The van der Waals surface area contributed by atoms with Crippen LogP contribution in [0.25, 0.3) is 5.82 Å². The van der Waals surface area contributed by atoms with Gasteiger partial charge in [-0.3, -0.25) is 19.2 Å². The summed E-state index contributed by atoms with van der Waals surface area (Å²) in [5.74, 6) is 0.628. The van der Waals surface area contributed by atoms with E-state index >= 15 is 0 Å². The lowest BCUT2D eigenvalue weighted by molar-refractivity contribution is -0.182. The van der Waals surface area contributed by atoms with Gasteiger partial charge in [0.05, 0.1) is 18.8 Å². The van der Waals surface area contributed by atoms with Crippen molar-refractivity contribution in [3.8, 4) is 5.82 Å². The zero-order valence-electron chi connectivity index (χ0n) is 18.7. The third kappa shape index (κ3) is 4.18. The number of amides is 1. The molecule has 0 bridgehead atoms. The Hall–Kier alpha value is -3.40. The van der Waals surface area contributed by atoms with E-state index in [0.29, 0.717) is 44.3 Å². The second-order valence-electron chi connectivity index (χ2n) is 8.48. The highest BCUT2D eigenvalue weighted by atomic mass is 19.1. The maximum Gasteiger partial charge on any atom is 0.249 e. The molecule has 33 heavy (non-hydrogen) atoms. The first kappa shape index (κ1) is 21.4. The van der Waals surface area contributed by atoms with Crippen molar-refractivity contribution in [1.82, 2.24) is 29.6 Å². The van der Waals surface area contributed by atoms with E-state index in [0.717, 1.165) is 17.7 Å². The number of rotatable bonds is 4. The van der Waals surface area contributed by atoms with Crippen LogP contribution in [0.1, 0.15) is 42.4 Å². The maximum atomic E-state index is 14.4. The molecule has 2 aliphatic heterocycles. The SMILES string of the molecule is Cc1ccc([C@@H]2CCON2C(=O)C2CCN(c3ncc(F)c(-n4ccnc4C)n3)CC2)cn1. The number of hydrogen-bond donors (Lipinski definition) is 0. The molecule has 2 aliphatic rings. The molecule has 172 valence electrons. The molecule has 1 atom stereocenters. The van der Waals surface area contributed by atoms with Crippen molar-refractivity contribution in [2.24, 2.45) is 5.92 Å². The minimum absolute atomic E-state index is 0.00692.